The van der Waals surface area contributed by atoms with Crippen LogP contribution in [0, 0.1) is 5.92 Å². The summed E-state index contributed by atoms with van der Waals surface area (Å²) < 4.78 is 33.2. The molecule has 2 aliphatic carbocycles. The molecule has 0 saturated heterocycles. The van der Waals surface area contributed by atoms with Crippen LogP contribution in [0.25, 0.3) is 0 Å². The van der Waals surface area contributed by atoms with Gasteiger partial charge in [-0.05, 0) is 32.1 Å². The first-order valence-corrected chi connectivity index (χ1v) is 5.99. The van der Waals surface area contributed by atoms with Crippen LogP contribution in [-0.2, 0) is 4.74 Å². The lowest BCUT2D eigenvalue weighted by Crippen LogP contribution is -2.13. The van der Waals surface area contributed by atoms with Crippen LogP contribution in [0.1, 0.15) is 61.7 Å². The first-order chi connectivity index (χ1) is 8.06. The molecule has 3 nitrogen and oxygen atoms in total. The van der Waals surface area contributed by atoms with Crippen molar-refractivity contribution < 1.29 is 13.5 Å². The number of aromatic nitrogens is 2. The van der Waals surface area contributed by atoms with Crippen LogP contribution in [0.4, 0.5) is 8.78 Å². The highest BCUT2D eigenvalue weighted by Crippen LogP contribution is 2.64. The summed E-state index contributed by atoms with van der Waals surface area (Å²) in [5, 5.41) is 4.09. The quantitative estimate of drug-likeness (QED) is 0.813. The van der Waals surface area contributed by atoms with Gasteiger partial charge in [-0.2, -0.15) is 5.10 Å². The molecule has 94 valence electrons. The molecule has 0 bridgehead atoms. The van der Waals surface area contributed by atoms with Crippen molar-refractivity contribution in [3.8, 4) is 0 Å². The van der Waals surface area contributed by atoms with E-state index in [0.29, 0.717) is 5.92 Å². The highest BCUT2D eigenvalue weighted by molar-refractivity contribution is 5.44. The molecule has 3 atom stereocenters. The fourth-order valence-electron chi connectivity index (χ4n) is 3.07. The van der Waals surface area contributed by atoms with Gasteiger partial charge in [-0.25, -0.2) is 8.78 Å². The van der Waals surface area contributed by atoms with E-state index in [0.717, 1.165) is 17.7 Å². The van der Waals surface area contributed by atoms with Gasteiger partial charge in [0, 0.05) is 18.7 Å². The van der Waals surface area contributed by atoms with Crippen LogP contribution in [0.2, 0.25) is 0 Å². The number of hydrogen-bond donors (Lipinski definition) is 0. The van der Waals surface area contributed by atoms with Gasteiger partial charge in [0.1, 0.15) is 11.8 Å². The van der Waals surface area contributed by atoms with E-state index in [2.05, 4.69) is 5.10 Å². The van der Waals surface area contributed by atoms with Gasteiger partial charge in [0.15, 0.2) is 0 Å². The minimum atomic E-state index is -2.49. The summed E-state index contributed by atoms with van der Waals surface area (Å²) in [4.78, 5) is 0. The highest BCUT2D eigenvalue weighted by Gasteiger charge is 2.56. The molecular weight excluding hydrogens is 226 g/mol. The largest absolute Gasteiger partial charge is 0.375 e. The number of fused-ring (bicyclic) bond motifs is 3. The van der Waals surface area contributed by atoms with Gasteiger partial charge in [-0.15, -0.1) is 0 Å². The molecule has 3 rings (SSSR count). The molecule has 0 N–H and O–H groups in total. The summed E-state index contributed by atoms with van der Waals surface area (Å²) >= 11 is 0. The molecule has 5 heteroatoms. The number of methoxy groups -OCH3 is 1. The van der Waals surface area contributed by atoms with Crippen molar-refractivity contribution in [2.45, 2.75) is 44.8 Å². The molecule has 0 spiro atoms. The molecule has 1 fully saturated rings. The minimum Gasteiger partial charge on any atom is -0.375 e. The molecule has 1 aromatic rings. The van der Waals surface area contributed by atoms with Gasteiger partial charge < -0.3 is 4.74 Å². The smallest absolute Gasteiger partial charge is 0.282 e. The predicted molar refractivity (Wildman–Crippen MR) is 58.2 cm³/mol. The second-order valence-corrected chi connectivity index (χ2v) is 5.19. The summed E-state index contributed by atoms with van der Waals surface area (Å²) in [5.74, 6) is 0.655. The van der Waals surface area contributed by atoms with Crippen LogP contribution in [0.5, 0.6) is 0 Å². The maximum Gasteiger partial charge on any atom is 0.282 e. The topological polar surface area (TPSA) is 27.1 Å². The number of halogens is 2. The first kappa shape index (κ1) is 11.1. The first-order valence-electron chi connectivity index (χ1n) is 5.99. The van der Waals surface area contributed by atoms with Gasteiger partial charge in [-0.3, -0.25) is 4.68 Å². The zero-order chi connectivity index (χ0) is 12.3. The normalized spacial score (nSPS) is 29.9. The molecular formula is C12H16F2N2O. The molecule has 17 heavy (non-hydrogen) atoms. The summed E-state index contributed by atoms with van der Waals surface area (Å²) in [6, 6.07) is 0.0893. The van der Waals surface area contributed by atoms with Gasteiger partial charge in [-0.1, -0.05) is 0 Å². The fourth-order valence-corrected chi connectivity index (χ4v) is 3.07. The van der Waals surface area contributed by atoms with E-state index in [1.54, 1.807) is 11.8 Å². The standard InChI is InChI=1S/C12H16F2N2O/c1-5(2)16-10-8(9(15-16)12(13)14)6-4-7(6)11(10)17-3/h5-7,11-12H,4H2,1-3H3. The van der Waals surface area contributed by atoms with Gasteiger partial charge >= 0.3 is 0 Å². The Balaban J connectivity index is 2.15. The average molecular weight is 242 g/mol. The lowest BCUT2D eigenvalue weighted by molar-refractivity contribution is 0.0805. The Morgan fingerprint density at radius 1 is 1.41 bits per heavy atom. The molecule has 0 radical (unpaired) electrons. The number of nitrogens with zero attached hydrogens (tertiary/aromatic N) is 2. The third kappa shape index (κ3) is 1.38. The predicted octanol–water partition coefficient (Wildman–Crippen LogP) is 3.21. The van der Waals surface area contributed by atoms with Crippen molar-refractivity contribution >= 4 is 0 Å². The molecule has 2 aliphatic rings. The zero-order valence-corrected chi connectivity index (χ0v) is 10.2. The Labute approximate surface area is 98.8 Å². The monoisotopic (exact) mass is 242 g/mol. The zero-order valence-electron chi connectivity index (χ0n) is 10.2. The van der Waals surface area contributed by atoms with Crippen molar-refractivity contribution in [2.75, 3.05) is 7.11 Å². The van der Waals surface area contributed by atoms with Crippen LogP contribution in [0.15, 0.2) is 0 Å². The Kier molecular flexibility index (Phi) is 2.30. The minimum absolute atomic E-state index is 0.0271. The van der Waals surface area contributed by atoms with E-state index in [4.69, 9.17) is 4.74 Å². The number of hydrogen-bond acceptors (Lipinski definition) is 2. The van der Waals surface area contributed by atoms with Crippen molar-refractivity contribution in [3.05, 3.63) is 17.0 Å². The van der Waals surface area contributed by atoms with E-state index >= 15 is 0 Å². The molecule has 0 aromatic carbocycles. The van der Waals surface area contributed by atoms with Crippen LogP contribution < -0.4 is 0 Å². The van der Waals surface area contributed by atoms with Gasteiger partial charge in [0.2, 0.25) is 0 Å². The maximum absolute atomic E-state index is 13.0. The van der Waals surface area contributed by atoms with Crippen molar-refractivity contribution in [3.63, 3.8) is 0 Å². The molecule has 0 aliphatic heterocycles. The molecule has 1 heterocycles. The van der Waals surface area contributed by atoms with Crippen molar-refractivity contribution in [1.29, 1.82) is 0 Å². The fraction of sp³-hybridized carbons (Fsp3) is 0.750. The summed E-state index contributed by atoms with van der Waals surface area (Å²) in [6.07, 6.45) is -1.56. The van der Waals surface area contributed by atoms with Crippen molar-refractivity contribution in [1.82, 2.24) is 9.78 Å². The third-order valence-electron chi connectivity index (χ3n) is 3.83. The van der Waals surface area contributed by atoms with E-state index in [-0.39, 0.29) is 23.8 Å². The van der Waals surface area contributed by atoms with E-state index in [1.165, 1.54) is 0 Å². The molecule has 1 saturated carbocycles. The van der Waals surface area contributed by atoms with Crippen LogP contribution >= 0.6 is 0 Å². The lowest BCUT2D eigenvalue weighted by Gasteiger charge is -2.16. The molecule has 3 unspecified atom stereocenters. The van der Waals surface area contributed by atoms with Crippen LogP contribution in [0.3, 0.4) is 0 Å². The summed E-state index contributed by atoms with van der Waals surface area (Å²) in [6.45, 7) is 3.92. The van der Waals surface area contributed by atoms with Crippen LogP contribution in [-0.4, -0.2) is 16.9 Å². The Hall–Kier alpha value is -0.970. The van der Waals surface area contributed by atoms with E-state index in [9.17, 15) is 8.78 Å². The number of alkyl halides is 2. The number of rotatable bonds is 3. The SMILES string of the molecule is COC1c2c(c(C(F)F)nn2C(C)C)C2CC21. The second-order valence-electron chi connectivity index (χ2n) is 5.19. The Morgan fingerprint density at radius 2 is 2.12 bits per heavy atom. The van der Waals surface area contributed by atoms with E-state index in [1.807, 2.05) is 13.8 Å². The maximum atomic E-state index is 13.0. The molecule has 1 aromatic heterocycles. The van der Waals surface area contributed by atoms with Gasteiger partial charge in [0.05, 0.1) is 5.69 Å². The van der Waals surface area contributed by atoms with Crippen molar-refractivity contribution in [2.24, 2.45) is 5.92 Å². The Bertz CT molecular complexity index is 456. The van der Waals surface area contributed by atoms with Gasteiger partial charge in [0.25, 0.3) is 6.43 Å². The number of ether oxygens (including phenoxy) is 1. The lowest BCUT2D eigenvalue weighted by atomic mass is 10.1. The third-order valence-corrected chi connectivity index (χ3v) is 3.83. The Morgan fingerprint density at radius 3 is 2.65 bits per heavy atom. The highest BCUT2D eigenvalue weighted by atomic mass is 19.3. The molecule has 0 amide bonds. The van der Waals surface area contributed by atoms with E-state index < -0.39 is 6.43 Å². The summed E-state index contributed by atoms with van der Waals surface area (Å²) in [5.41, 5.74) is 1.63. The average Bonchev–Trinajstić information content (AvgIpc) is 2.82. The second kappa shape index (κ2) is 3.51. The summed E-state index contributed by atoms with van der Waals surface area (Å²) in [7, 11) is 1.65.